The summed E-state index contributed by atoms with van der Waals surface area (Å²) in [5.74, 6) is -0.732. The maximum atomic E-state index is 11.4. The van der Waals surface area contributed by atoms with Gasteiger partial charge in [0, 0.05) is 13.3 Å². The van der Waals surface area contributed by atoms with Crippen molar-refractivity contribution in [2.45, 2.75) is 13.3 Å². The lowest BCUT2D eigenvalue weighted by molar-refractivity contribution is 0.0687. The zero-order chi connectivity index (χ0) is 14.7. The highest BCUT2D eigenvalue weighted by molar-refractivity contribution is 7.14. The summed E-state index contributed by atoms with van der Waals surface area (Å²) >= 11 is 1.12. The number of aromatic nitrogens is 1. The Kier molecular flexibility index (Phi) is 4.14. The summed E-state index contributed by atoms with van der Waals surface area (Å²) in [5, 5.41) is 9.65. The van der Waals surface area contributed by atoms with Gasteiger partial charge >= 0.3 is 5.97 Å². The molecule has 104 valence electrons. The summed E-state index contributed by atoms with van der Waals surface area (Å²) in [7, 11) is 1.58. The molecule has 0 atom stereocenters. The first-order chi connectivity index (χ1) is 9.51. The summed E-state index contributed by atoms with van der Waals surface area (Å²) in [4.78, 5) is 26.7. The Morgan fingerprint density at radius 1 is 1.40 bits per heavy atom. The molecule has 2 rings (SSSR count). The Morgan fingerprint density at radius 3 is 2.70 bits per heavy atom. The number of hydrogen-bond acceptors (Lipinski definition) is 5. The van der Waals surface area contributed by atoms with Crippen molar-refractivity contribution in [3.63, 3.8) is 0 Å². The lowest BCUT2D eigenvalue weighted by Gasteiger charge is -2.02. The van der Waals surface area contributed by atoms with Crippen LogP contribution in [0.5, 0.6) is 5.75 Å². The van der Waals surface area contributed by atoms with Crippen molar-refractivity contribution in [3.05, 3.63) is 45.4 Å². The van der Waals surface area contributed by atoms with E-state index >= 15 is 0 Å². The molecule has 5 nitrogen and oxygen atoms in total. The maximum Gasteiger partial charge on any atom is 0.356 e. The van der Waals surface area contributed by atoms with E-state index in [2.05, 4.69) is 4.98 Å². The molecule has 0 saturated heterocycles. The van der Waals surface area contributed by atoms with Crippen molar-refractivity contribution >= 4 is 23.1 Å². The number of carboxylic acid groups (broad SMARTS) is 1. The van der Waals surface area contributed by atoms with Crippen molar-refractivity contribution in [1.29, 1.82) is 0 Å². The summed E-state index contributed by atoms with van der Waals surface area (Å²) < 4.78 is 5.13. The van der Waals surface area contributed by atoms with E-state index in [9.17, 15) is 9.59 Å². The van der Waals surface area contributed by atoms with Gasteiger partial charge in [-0.2, -0.15) is 0 Å². The highest BCUT2D eigenvalue weighted by atomic mass is 32.1. The maximum absolute atomic E-state index is 11.4. The number of ketones is 1. The molecule has 2 aromatic rings. The van der Waals surface area contributed by atoms with Crippen LogP contribution in [0.2, 0.25) is 0 Å². The van der Waals surface area contributed by atoms with Crippen molar-refractivity contribution in [1.82, 2.24) is 4.98 Å². The van der Waals surface area contributed by atoms with Crippen LogP contribution in [0.25, 0.3) is 0 Å². The van der Waals surface area contributed by atoms with Crippen LogP contribution >= 0.6 is 11.3 Å². The Balaban J connectivity index is 2.31. The number of nitrogens with zero attached hydrogens (tertiary/aromatic N) is 1. The third-order valence-electron chi connectivity index (χ3n) is 2.68. The van der Waals surface area contributed by atoms with Crippen molar-refractivity contribution < 1.29 is 19.4 Å². The van der Waals surface area contributed by atoms with Crippen LogP contribution in [-0.4, -0.2) is 29.0 Å². The first-order valence-corrected chi connectivity index (χ1v) is 6.69. The molecular formula is C14H13NO4S. The fourth-order valence-electron chi connectivity index (χ4n) is 1.78. The molecule has 0 radical (unpaired) electrons. The number of carbonyl (C=O) groups excluding carboxylic acids is 1. The SMILES string of the molecule is COc1cccc(Cc2nc(C(=O)O)c(C(C)=O)s2)c1. The fraction of sp³-hybridized carbons (Fsp3) is 0.214. The van der Waals surface area contributed by atoms with E-state index in [-0.39, 0.29) is 16.4 Å². The van der Waals surface area contributed by atoms with Crippen LogP contribution in [0.4, 0.5) is 0 Å². The van der Waals surface area contributed by atoms with Gasteiger partial charge in [-0.1, -0.05) is 12.1 Å². The van der Waals surface area contributed by atoms with E-state index in [1.54, 1.807) is 7.11 Å². The predicted molar refractivity (Wildman–Crippen MR) is 74.9 cm³/mol. The monoisotopic (exact) mass is 291 g/mol. The zero-order valence-electron chi connectivity index (χ0n) is 11.0. The molecule has 0 unspecified atom stereocenters. The molecule has 0 aliphatic carbocycles. The minimum absolute atomic E-state index is 0.166. The molecule has 0 fully saturated rings. The third kappa shape index (κ3) is 3.03. The van der Waals surface area contributed by atoms with Crippen molar-refractivity contribution in [2.75, 3.05) is 7.11 Å². The smallest absolute Gasteiger partial charge is 0.356 e. The minimum atomic E-state index is -1.18. The van der Waals surface area contributed by atoms with E-state index in [0.717, 1.165) is 22.6 Å². The standard InChI is InChI=1S/C14H13NO4S/c1-8(16)13-12(14(17)18)15-11(20-13)7-9-4-3-5-10(6-9)19-2/h3-6H,7H2,1-2H3,(H,17,18). The van der Waals surface area contributed by atoms with Crippen LogP contribution in [0.3, 0.4) is 0 Å². The average molecular weight is 291 g/mol. The summed E-state index contributed by atoms with van der Waals surface area (Å²) in [6.07, 6.45) is 0.468. The molecule has 1 heterocycles. The van der Waals surface area contributed by atoms with Gasteiger partial charge in [-0.3, -0.25) is 4.79 Å². The van der Waals surface area contributed by atoms with Crippen LogP contribution in [0, 0.1) is 0 Å². The quantitative estimate of drug-likeness (QED) is 0.857. The number of ether oxygens (including phenoxy) is 1. The molecule has 0 saturated carbocycles. The molecule has 0 amide bonds. The van der Waals surface area contributed by atoms with Gasteiger partial charge in [0.1, 0.15) is 10.6 Å². The van der Waals surface area contributed by atoms with E-state index in [0.29, 0.717) is 11.4 Å². The highest BCUT2D eigenvalue weighted by Crippen LogP contribution is 2.23. The number of hydrogen-bond donors (Lipinski definition) is 1. The van der Waals surface area contributed by atoms with Gasteiger partial charge < -0.3 is 9.84 Å². The van der Waals surface area contributed by atoms with E-state index in [1.807, 2.05) is 24.3 Å². The van der Waals surface area contributed by atoms with Crippen LogP contribution in [0.15, 0.2) is 24.3 Å². The Labute approximate surface area is 119 Å². The van der Waals surface area contributed by atoms with Gasteiger partial charge in [0.2, 0.25) is 0 Å². The van der Waals surface area contributed by atoms with Gasteiger partial charge in [0.15, 0.2) is 11.5 Å². The number of methoxy groups -OCH3 is 1. The number of rotatable bonds is 5. The summed E-state index contributed by atoms with van der Waals surface area (Å²) in [5.41, 5.74) is 0.783. The number of thiazole rings is 1. The zero-order valence-corrected chi connectivity index (χ0v) is 11.9. The average Bonchev–Trinajstić information content (AvgIpc) is 2.83. The minimum Gasteiger partial charge on any atom is -0.497 e. The van der Waals surface area contributed by atoms with Gasteiger partial charge in [-0.15, -0.1) is 11.3 Å². The molecule has 1 aromatic heterocycles. The van der Waals surface area contributed by atoms with E-state index in [1.165, 1.54) is 6.92 Å². The number of Topliss-reactive ketones (excluding diaryl/α,β-unsaturated/α-hetero) is 1. The number of benzene rings is 1. The van der Waals surface area contributed by atoms with Crippen molar-refractivity contribution in [2.24, 2.45) is 0 Å². The Morgan fingerprint density at radius 2 is 2.15 bits per heavy atom. The molecule has 0 spiro atoms. The normalized spacial score (nSPS) is 10.3. The van der Waals surface area contributed by atoms with Gasteiger partial charge in [0.05, 0.1) is 12.1 Å². The molecule has 0 bridgehead atoms. The lowest BCUT2D eigenvalue weighted by Crippen LogP contribution is -2.03. The van der Waals surface area contributed by atoms with Gasteiger partial charge in [-0.25, -0.2) is 9.78 Å². The summed E-state index contributed by atoms with van der Waals surface area (Å²) in [6, 6.07) is 7.44. The molecule has 0 aliphatic rings. The van der Waals surface area contributed by atoms with Crippen LogP contribution in [-0.2, 0) is 6.42 Å². The van der Waals surface area contributed by atoms with E-state index < -0.39 is 5.97 Å². The van der Waals surface area contributed by atoms with Gasteiger partial charge in [-0.05, 0) is 17.7 Å². The van der Waals surface area contributed by atoms with Crippen molar-refractivity contribution in [3.8, 4) is 5.75 Å². The lowest BCUT2D eigenvalue weighted by atomic mass is 10.1. The van der Waals surface area contributed by atoms with Gasteiger partial charge in [0.25, 0.3) is 0 Å². The van der Waals surface area contributed by atoms with E-state index in [4.69, 9.17) is 9.84 Å². The largest absolute Gasteiger partial charge is 0.497 e. The summed E-state index contributed by atoms with van der Waals surface area (Å²) in [6.45, 7) is 1.34. The highest BCUT2D eigenvalue weighted by Gasteiger charge is 2.20. The Bertz CT molecular complexity index is 631. The molecule has 0 aliphatic heterocycles. The topological polar surface area (TPSA) is 76.5 Å². The predicted octanol–water partition coefficient (Wildman–Crippen LogP) is 2.64. The molecule has 20 heavy (non-hydrogen) atoms. The molecule has 1 aromatic carbocycles. The fourth-order valence-corrected chi connectivity index (χ4v) is 2.77. The first kappa shape index (κ1) is 14.2. The second-order valence-corrected chi connectivity index (χ2v) is 5.26. The molecular weight excluding hydrogens is 278 g/mol. The third-order valence-corrected chi connectivity index (χ3v) is 3.84. The number of carboxylic acids is 1. The van der Waals surface area contributed by atoms with Crippen LogP contribution < -0.4 is 4.74 Å². The van der Waals surface area contributed by atoms with Crippen LogP contribution in [0.1, 0.15) is 37.7 Å². The number of aromatic carboxylic acids is 1. The number of carbonyl (C=O) groups is 2. The molecule has 1 N–H and O–H groups in total. The second kappa shape index (κ2) is 5.83. The first-order valence-electron chi connectivity index (χ1n) is 5.88. The molecule has 6 heteroatoms. The Hall–Kier alpha value is -2.21. The second-order valence-electron chi connectivity index (χ2n) is 4.17.